The number of likely N-dealkylation sites (N-methyl/N-ethyl adjacent to an activating group) is 1. The number of carbonyl (C=O) groups excluding carboxylic acids is 2. The molecule has 1 atom stereocenters. The smallest absolute Gasteiger partial charge is 0.264 e. The molecule has 236 valence electrons. The van der Waals surface area contributed by atoms with E-state index in [-0.39, 0.29) is 23.5 Å². The van der Waals surface area contributed by atoms with Crippen molar-refractivity contribution < 1.29 is 22.7 Å². The van der Waals surface area contributed by atoms with Crippen LogP contribution in [0.5, 0.6) is 5.75 Å². The monoisotopic (exact) mass is 667 g/mol. The summed E-state index contributed by atoms with van der Waals surface area (Å²) in [6.07, 6.45) is 0.186. The molecule has 4 aromatic carbocycles. The summed E-state index contributed by atoms with van der Waals surface area (Å²) in [5.41, 5.74) is 2.52. The minimum atomic E-state index is -4.22. The van der Waals surface area contributed by atoms with E-state index in [1.165, 1.54) is 24.1 Å². The summed E-state index contributed by atoms with van der Waals surface area (Å²) in [6.45, 7) is 3.49. The molecule has 1 N–H and O–H groups in total. The van der Waals surface area contributed by atoms with Gasteiger partial charge in [0, 0.05) is 30.1 Å². The third-order valence-corrected chi connectivity index (χ3v) is 9.57. The van der Waals surface area contributed by atoms with Gasteiger partial charge in [-0.05, 0) is 73.5 Å². The number of nitrogens with one attached hydrogen (secondary N) is 1. The minimum absolute atomic E-state index is 0.0224. The van der Waals surface area contributed by atoms with E-state index >= 15 is 0 Å². The predicted octanol–water partition coefficient (Wildman–Crippen LogP) is 6.28. The second-order valence-corrected chi connectivity index (χ2v) is 13.0. The molecule has 0 fully saturated rings. The Bertz CT molecular complexity index is 1720. The Labute approximate surface area is 274 Å². The lowest BCUT2D eigenvalue weighted by Crippen LogP contribution is -2.53. The van der Waals surface area contributed by atoms with E-state index in [0.717, 1.165) is 15.4 Å². The zero-order chi connectivity index (χ0) is 32.6. The molecule has 0 aliphatic heterocycles. The van der Waals surface area contributed by atoms with Crippen molar-refractivity contribution in [1.82, 2.24) is 10.2 Å². The number of amides is 2. The first-order chi connectivity index (χ1) is 21.5. The maximum atomic E-state index is 14.4. The first-order valence-corrected chi connectivity index (χ1v) is 16.5. The number of benzene rings is 4. The molecule has 4 aromatic rings. The van der Waals surface area contributed by atoms with Crippen LogP contribution >= 0.6 is 23.2 Å². The number of nitrogens with zero attached hydrogens (tertiary/aromatic N) is 2. The molecule has 0 unspecified atom stereocenters. The van der Waals surface area contributed by atoms with Gasteiger partial charge in [0.2, 0.25) is 11.8 Å². The first-order valence-electron chi connectivity index (χ1n) is 14.3. The number of hydrogen-bond donors (Lipinski definition) is 1. The van der Waals surface area contributed by atoms with Gasteiger partial charge in [0.1, 0.15) is 18.3 Å². The van der Waals surface area contributed by atoms with Gasteiger partial charge in [-0.15, -0.1) is 0 Å². The molecule has 0 aromatic heterocycles. The quantitative estimate of drug-likeness (QED) is 0.181. The van der Waals surface area contributed by atoms with Crippen molar-refractivity contribution in [2.24, 2.45) is 0 Å². The third kappa shape index (κ3) is 8.57. The lowest BCUT2D eigenvalue weighted by molar-refractivity contribution is -0.139. The van der Waals surface area contributed by atoms with Crippen molar-refractivity contribution in [3.05, 3.63) is 124 Å². The van der Waals surface area contributed by atoms with E-state index in [0.29, 0.717) is 28.0 Å². The summed E-state index contributed by atoms with van der Waals surface area (Å²) < 4.78 is 34.8. The van der Waals surface area contributed by atoms with Crippen molar-refractivity contribution in [3.63, 3.8) is 0 Å². The highest BCUT2D eigenvalue weighted by molar-refractivity contribution is 7.92. The number of halogens is 2. The number of rotatable bonds is 13. The summed E-state index contributed by atoms with van der Waals surface area (Å²) in [5, 5.41) is 3.39. The summed E-state index contributed by atoms with van der Waals surface area (Å²) in [7, 11) is -2.73. The van der Waals surface area contributed by atoms with E-state index in [1.54, 1.807) is 54.6 Å². The van der Waals surface area contributed by atoms with Crippen molar-refractivity contribution in [3.8, 4) is 5.75 Å². The van der Waals surface area contributed by atoms with Crippen LogP contribution in [-0.2, 0) is 32.6 Å². The Morgan fingerprint density at radius 2 is 1.58 bits per heavy atom. The minimum Gasteiger partial charge on any atom is -0.494 e. The van der Waals surface area contributed by atoms with Crippen LogP contribution in [0.2, 0.25) is 10.0 Å². The van der Waals surface area contributed by atoms with Gasteiger partial charge in [-0.2, -0.15) is 0 Å². The Morgan fingerprint density at radius 3 is 2.18 bits per heavy atom. The lowest BCUT2D eigenvalue weighted by atomic mass is 10.0. The molecule has 0 aliphatic rings. The lowest BCUT2D eigenvalue weighted by Gasteiger charge is -2.33. The zero-order valence-electron chi connectivity index (χ0n) is 25.2. The summed E-state index contributed by atoms with van der Waals surface area (Å²) in [5.74, 6) is -0.455. The van der Waals surface area contributed by atoms with Crippen LogP contribution in [0.15, 0.2) is 102 Å². The highest BCUT2D eigenvalue weighted by Crippen LogP contribution is 2.28. The Balaban J connectivity index is 1.80. The summed E-state index contributed by atoms with van der Waals surface area (Å²) in [4.78, 5) is 29.2. The average molecular weight is 669 g/mol. The highest BCUT2D eigenvalue weighted by Gasteiger charge is 2.34. The molecule has 0 saturated carbocycles. The maximum absolute atomic E-state index is 14.4. The number of hydrogen-bond acceptors (Lipinski definition) is 5. The molecular weight excluding hydrogens is 633 g/mol. The van der Waals surface area contributed by atoms with E-state index in [4.69, 9.17) is 27.9 Å². The topological polar surface area (TPSA) is 96.0 Å². The van der Waals surface area contributed by atoms with Crippen molar-refractivity contribution in [2.45, 2.75) is 37.8 Å². The molecule has 0 heterocycles. The molecule has 0 radical (unpaired) electrons. The van der Waals surface area contributed by atoms with E-state index in [1.807, 2.05) is 44.2 Å². The predicted molar refractivity (Wildman–Crippen MR) is 178 cm³/mol. The summed E-state index contributed by atoms with van der Waals surface area (Å²) >= 11 is 12.7. The van der Waals surface area contributed by atoms with Gasteiger partial charge in [-0.25, -0.2) is 8.42 Å². The number of aryl methyl sites for hydroxylation is 1. The Hall–Kier alpha value is -4.05. The van der Waals surface area contributed by atoms with Gasteiger partial charge in [0.25, 0.3) is 10.0 Å². The zero-order valence-corrected chi connectivity index (χ0v) is 27.6. The molecule has 0 spiro atoms. The molecule has 4 rings (SSSR count). The second-order valence-electron chi connectivity index (χ2n) is 10.3. The van der Waals surface area contributed by atoms with E-state index < -0.39 is 34.4 Å². The molecule has 11 heteroatoms. The number of ether oxygens (including phenoxy) is 1. The van der Waals surface area contributed by atoms with Gasteiger partial charge in [0.05, 0.1) is 17.2 Å². The second kappa shape index (κ2) is 15.3. The van der Waals surface area contributed by atoms with Crippen LogP contribution in [0.4, 0.5) is 5.69 Å². The van der Waals surface area contributed by atoms with Crippen LogP contribution in [0.25, 0.3) is 0 Å². The first kappa shape index (κ1) is 33.8. The normalized spacial score (nSPS) is 11.8. The number of carbonyl (C=O) groups is 2. The van der Waals surface area contributed by atoms with Crippen LogP contribution in [-0.4, -0.2) is 51.4 Å². The van der Waals surface area contributed by atoms with Gasteiger partial charge in [0.15, 0.2) is 0 Å². The average Bonchev–Trinajstić information content (AvgIpc) is 3.03. The fourth-order valence-corrected chi connectivity index (χ4v) is 6.68. The van der Waals surface area contributed by atoms with Crippen molar-refractivity contribution >= 4 is 50.7 Å². The largest absolute Gasteiger partial charge is 0.494 e. The van der Waals surface area contributed by atoms with Crippen LogP contribution < -0.4 is 14.4 Å². The number of sulfonamides is 1. The molecule has 2 amide bonds. The van der Waals surface area contributed by atoms with Crippen molar-refractivity contribution in [1.29, 1.82) is 0 Å². The van der Waals surface area contributed by atoms with Crippen LogP contribution in [0.3, 0.4) is 0 Å². The third-order valence-electron chi connectivity index (χ3n) is 7.20. The molecule has 0 saturated heterocycles. The van der Waals surface area contributed by atoms with Gasteiger partial charge in [-0.3, -0.25) is 13.9 Å². The maximum Gasteiger partial charge on any atom is 0.264 e. The molecule has 8 nitrogen and oxygen atoms in total. The molecular formula is C34H35Cl2N3O5S. The standard InChI is InChI=1S/C34H35Cl2N3O5S/c1-4-44-29-16-14-28(15-17-29)39(45(42,43)30-18-10-24(2)11-19-30)23-33(40)38(22-26-12-13-27(35)21-31(26)36)32(34(41)37-3)20-25-8-6-5-7-9-25/h5-19,21,32H,4,20,22-23H2,1-3H3,(H,37,41)/t32-/m0/s1. The van der Waals surface area contributed by atoms with Gasteiger partial charge < -0.3 is 15.0 Å². The van der Waals surface area contributed by atoms with Gasteiger partial charge >= 0.3 is 0 Å². The Kier molecular flexibility index (Phi) is 11.5. The number of anilines is 1. The summed E-state index contributed by atoms with van der Waals surface area (Å²) in [6, 6.07) is 26.1. The molecule has 0 bridgehead atoms. The molecule has 45 heavy (non-hydrogen) atoms. The SMILES string of the molecule is CCOc1ccc(N(CC(=O)N(Cc2ccc(Cl)cc2Cl)[C@@H](Cc2ccccc2)C(=O)NC)S(=O)(=O)c2ccc(C)cc2)cc1. The Morgan fingerprint density at radius 1 is 0.911 bits per heavy atom. The molecule has 0 aliphatic carbocycles. The van der Waals surface area contributed by atoms with E-state index in [2.05, 4.69) is 5.32 Å². The fourth-order valence-electron chi connectivity index (χ4n) is 4.80. The van der Waals surface area contributed by atoms with Crippen LogP contribution in [0.1, 0.15) is 23.6 Å². The van der Waals surface area contributed by atoms with Crippen molar-refractivity contribution in [2.75, 3.05) is 24.5 Å². The fraction of sp³-hybridized carbons (Fsp3) is 0.235. The van der Waals surface area contributed by atoms with E-state index in [9.17, 15) is 18.0 Å². The van der Waals surface area contributed by atoms with Gasteiger partial charge in [-0.1, -0.05) is 77.3 Å². The highest BCUT2D eigenvalue weighted by atomic mass is 35.5. The van der Waals surface area contributed by atoms with Crippen LogP contribution in [0, 0.1) is 6.92 Å².